The second-order valence-electron chi connectivity index (χ2n) is 8.00. The second kappa shape index (κ2) is 4.71. The molecule has 0 radical (unpaired) electrons. The Balaban J connectivity index is 1.52. The first kappa shape index (κ1) is 14.0. The van der Waals surface area contributed by atoms with E-state index in [2.05, 4.69) is 0 Å². The predicted octanol–water partition coefficient (Wildman–Crippen LogP) is 3.62. The fourth-order valence-corrected chi connectivity index (χ4v) is 6.41. The maximum Gasteiger partial charge on any atom is 0.312 e. The molecule has 2 unspecified atom stereocenters. The molecule has 0 aromatic heterocycles. The molecule has 4 bridgehead atoms. The van der Waals surface area contributed by atoms with E-state index < -0.39 is 6.10 Å². The van der Waals surface area contributed by atoms with Gasteiger partial charge in [0.05, 0.1) is 5.41 Å². The summed E-state index contributed by atoms with van der Waals surface area (Å²) in [6.45, 7) is 0. The molecule has 116 valence electrons. The van der Waals surface area contributed by atoms with Crippen LogP contribution in [0.2, 0.25) is 0 Å². The summed E-state index contributed by atoms with van der Waals surface area (Å²) in [5, 5.41) is 0. The van der Waals surface area contributed by atoms with Gasteiger partial charge in [0, 0.05) is 11.3 Å². The zero-order valence-electron chi connectivity index (χ0n) is 12.4. The molecule has 21 heavy (non-hydrogen) atoms. The quantitative estimate of drug-likeness (QED) is 0.578. The fraction of sp³-hybridized carbons (Fsp3) is 0.882. The Bertz CT molecular complexity index is 472. The SMILES string of the molecule is O=C1CCCC[C@@H]1OC(=O)C12C[C@@H]3C[C@@H](CC(Cl)(C3)C1)C2. The second-order valence-corrected chi connectivity index (χ2v) is 8.80. The zero-order valence-corrected chi connectivity index (χ0v) is 13.2. The van der Waals surface area contributed by atoms with Crippen molar-refractivity contribution in [3.63, 3.8) is 0 Å². The molecule has 5 saturated carbocycles. The third-order valence-corrected chi connectivity index (χ3v) is 6.61. The van der Waals surface area contributed by atoms with Crippen LogP contribution in [-0.4, -0.2) is 22.7 Å². The number of Topliss-reactive ketones (excluding diaryl/α,β-unsaturated/α-hetero) is 1. The van der Waals surface area contributed by atoms with Crippen LogP contribution < -0.4 is 0 Å². The standard InChI is InChI=1S/C17H23ClO3/c18-17-8-11-5-12(9-17)7-16(6-11,10-17)15(20)21-14-4-2-1-3-13(14)19/h11-12,14H,1-10H2/t11-,12+,14-,16?,17?/m0/s1. The summed E-state index contributed by atoms with van der Waals surface area (Å²) in [6, 6.07) is 0. The van der Waals surface area contributed by atoms with Gasteiger partial charge in [-0.15, -0.1) is 11.6 Å². The molecule has 5 aliphatic carbocycles. The van der Waals surface area contributed by atoms with E-state index in [9.17, 15) is 9.59 Å². The largest absolute Gasteiger partial charge is 0.454 e. The lowest BCUT2D eigenvalue weighted by molar-refractivity contribution is -0.178. The number of alkyl halides is 1. The third-order valence-electron chi connectivity index (χ3n) is 6.17. The van der Waals surface area contributed by atoms with Crippen LogP contribution in [0.1, 0.15) is 64.2 Å². The summed E-state index contributed by atoms with van der Waals surface area (Å²) in [6.07, 6.45) is 8.68. The monoisotopic (exact) mass is 310 g/mol. The van der Waals surface area contributed by atoms with E-state index in [0.29, 0.717) is 24.7 Å². The Kier molecular flexibility index (Phi) is 3.15. The number of hydrogen-bond donors (Lipinski definition) is 0. The fourth-order valence-electron chi connectivity index (χ4n) is 5.72. The minimum atomic E-state index is -0.481. The molecule has 0 saturated heterocycles. The topological polar surface area (TPSA) is 43.4 Å². The molecule has 0 spiro atoms. The Labute approximate surface area is 130 Å². The van der Waals surface area contributed by atoms with Gasteiger partial charge in [-0.05, 0) is 69.6 Å². The highest BCUT2D eigenvalue weighted by atomic mass is 35.5. The zero-order chi connectivity index (χ0) is 14.7. The first-order valence-electron chi connectivity index (χ1n) is 8.41. The van der Waals surface area contributed by atoms with Crippen molar-refractivity contribution >= 4 is 23.4 Å². The molecule has 0 aromatic rings. The number of carbonyl (C=O) groups is 2. The van der Waals surface area contributed by atoms with Gasteiger partial charge in [0.15, 0.2) is 11.9 Å². The maximum atomic E-state index is 12.8. The maximum absolute atomic E-state index is 12.8. The molecule has 5 aliphatic rings. The Morgan fingerprint density at radius 2 is 1.86 bits per heavy atom. The summed E-state index contributed by atoms with van der Waals surface area (Å²) in [4.78, 5) is 24.6. The molecule has 3 nitrogen and oxygen atoms in total. The van der Waals surface area contributed by atoms with E-state index in [1.54, 1.807) is 0 Å². The van der Waals surface area contributed by atoms with Crippen molar-refractivity contribution in [3.8, 4) is 0 Å². The molecule has 0 N–H and O–H groups in total. The van der Waals surface area contributed by atoms with Crippen molar-refractivity contribution in [3.05, 3.63) is 0 Å². The van der Waals surface area contributed by atoms with Gasteiger partial charge >= 0.3 is 5.97 Å². The Morgan fingerprint density at radius 1 is 1.14 bits per heavy atom. The van der Waals surface area contributed by atoms with E-state index in [-0.39, 0.29) is 22.0 Å². The number of halogens is 1. The van der Waals surface area contributed by atoms with Crippen molar-refractivity contribution in [1.29, 1.82) is 0 Å². The average molecular weight is 311 g/mol. The van der Waals surface area contributed by atoms with Crippen LogP contribution in [0.5, 0.6) is 0 Å². The predicted molar refractivity (Wildman–Crippen MR) is 79.1 cm³/mol. The van der Waals surface area contributed by atoms with Gasteiger partial charge in [-0.1, -0.05) is 0 Å². The summed E-state index contributed by atoms with van der Waals surface area (Å²) in [7, 11) is 0. The van der Waals surface area contributed by atoms with Crippen LogP contribution in [0.4, 0.5) is 0 Å². The van der Waals surface area contributed by atoms with Gasteiger partial charge < -0.3 is 4.74 Å². The van der Waals surface area contributed by atoms with Crippen LogP contribution in [0.3, 0.4) is 0 Å². The van der Waals surface area contributed by atoms with E-state index in [0.717, 1.165) is 44.9 Å². The highest BCUT2D eigenvalue weighted by molar-refractivity contribution is 6.24. The number of esters is 1. The van der Waals surface area contributed by atoms with E-state index in [4.69, 9.17) is 16.3 Å². The van der Waals surface area contributed by atoms with Gasteiger partial charge in [-0.3, -0.25) is 9.59 Å². The highest BCUT2D eigenvalue weighted by Crippen LogP contribution is 2.64. The number of ether oxygens (including phenoxy) is 1. The van der Waals surface area contributed by atoms with Gasteiger partial charge in [0.2, 0.25) is 0 Å². The van der Waals surface area contributed by atoms with Gasteiger partial charge in [0.25, 0.3) is 0 Å². The molecule has 0 aromatic carbocycles. The summed E-state index contributed by atoms with van der Waals surface area (Å²) >= 11 is 6.76. The lowest BCUT2D eigenvalue weighted by Gasteiger charge is -2.58. The lowest BCUT2D eigenvalue weighted by atomic mass is 9.49. The van der Waals surface area contributed by atoms with Crippen LogP contribution in [0.15, 0.2) is 0 Å². The lowest BCUT2D eigenvalue weighted by Crippen LogP contribution is -2.57. The normalized spacial score (nSPS) is 48.4. The van der Waals surface area contributed by atoms with E-state index in [1.807, 2.05) is 0 Å². The molecule has 5 atom stereocenters. The Morgan fingerprint density at radius 3 is 2.48 bits per heavy atom. The Hall–Kier alpha value is -0.570. The van der Waals surface area contributed by atoms with Crippen LogP contribution in [0, 0.1) is 17.3 Å². The molecule has 5 fully saturated rings. The first-order chi connectivity index (χ1) is 9.98. The highest BCUT2D eigenvalue weighted by Gasteiger charge is 2.61. The minimum absolute atomic E-state index is 0.111. The molecular weight excluding hydrogens is 288 g/mol. The van der Waals surface area contributed by atoms with E-state index in [1.165, 1.54) is 6.42 Å². The molecule has 0 aliphatic heterocycles. The van der Waals surface area contributed by atoms with E-state index >= 15 is 0 Å². The van der Waals surface area contributed by atoms with Crippen molar-refractivity contribution in [2.75, 3.05) is 0 Å². The van der Waals surface area contributed by atoms with Gasteiger partial charge in [0.1, 0.15) is 0 Å². The van der Waals surface area contributed by atoms with Crippen LogP contribution >= 0.6 is 11.6 Å². The van der Waals surface area contributed by atoms with Crippen molar-refractivity contribution in [2.45, 2.75) is 75.2 Å². The van der Waals surface area contributed by atoms with Gasteiger partial charge in [-0.25, -0.2) is 0 Å². The molecule has 5 rings (SSSR count). The van der Waals surface area contributed by atoms with Crippen molar-refractivity contribution in [1.82, 2.24) is 0 Å². The summed E-state index contributed by atoms with van der Waals surface area (Å²) < 4.78 is 5.69. The van der Waals surface area contributed by atoms with Crippen LogP contribution in [0.25, 0.3) is 0 Å². The molecular formula is C17H23ClO3. The summed E-state index contributed by atoms with van der Waals surface area (Å²) in [5.41, 5.74) is -0.385. The smallest absolute Gasteiger partial charge is 0.312 e. The number of ketones is 1. The van der Waals surface area contributed by atoms with Crippen LogP contribution in [-0.2, 0) is 14.3 Å². The first-order valence-corrected chi connectivity index (χ1v) is 8.79. The van der Waals surface area contributed by atoms with Crippen molar-refractivity contribution in [2.24, 2.45) is 17.3 Å². The molecule has 0 heterocycles. The molecule has 0 amide bonds. The number of hydrogen-bond acceptors (Lipinski definition) is 3. The van der Waals surface area contributed by atoms with Gasteiger partial charge in [-0.2, -0.15) is 0 Å². The number of rotatable bonds is 2. The summed E-state index contributed by atoms with van der Waals surface area (Å²) in [5.74, 6) is 1.15. The molecule has 4 heteroatoms. The van der Waals surface area contributed by atoms with Crippen molar-refractivity contribution < 1.29 is 14.3 Å². The number of carbonyl (C=O) groups excluding carboxylic acids is 2. The minimum Gasteiger partial charge on any atom is -0.454 e. The average Bonchev–Trinajstić information content (AvgIpc) is 2.38. The third kappa shape index (κ3) is 2.32.